The third-order valence-electron chi connectivity index (χ3n) is 5.60. The number of rotatable bonds is 8. The first-order valence-corrected chi connectivity index (χ1v) is 10.6. The molecule has 0 unspecified atom stereocenters. The molecule has 1 N–H and O–H groups in total. The normalized spacial score (nSPS) is 13.2. The van der Waals surface area contributed by atoms with Crippen molar-refractivity contribution in [3.8, 4) is 11.5 Å². The third-order valence-corrected chi connectivity index (χ3v) is 5.60. The number of hydrogen-bond donors (Lipinski definition) is 1. The first-order chi connectivity index (χ1) is 15.5. The number of aromatic amines is 1. The van der Waals surface area contributed by atoms with E-state index in [1.54, 1.807) is 25.2 Å². The van der Waals surface area contributed by atoms with Crippen LogP contribution in [0.1, 0.15) is 42.1 Å². The average molecular weight is 438 g/mol. The SMILES string of the molecule is CCCn1c(=O)[nH]c(=O)c2cc(C(=O)N(Cc3cc(OC)ccc3OC)C3CC3)cnc21. The van der Waals surface area contributed by atoms with E-state index in [0.717, 1.165) is 18.4 Å². The Hall–Kier alpha value is -3.62. The number of pyridine rings is 1. The van der Waals surface area contributed by atoms with Gasteiger partial charge in [0.15, 0.2) is 0 Å². The van der Waals surface area contributed by atoms with Crippen molar-refractivity contribution in [2.45, 2.75) is 45.3 Å². The van der Waals surface area contributed by atoms with Gasteiger partial charge in [0.25, 0.3) is 11.5 Å². The molecule has 1 fully saturated rings. The lowest BCUT2D eigenvalue weighted by Gasteiger charge is -2.24. The Morgan fingerprint density at radius 3 is 2.66 bits per heavy atom. The molecule has 0 saturated heterocycles. The van der Waals surface area contributed by atoms with Gasteiger partial charge in [-0.15, -0.1) is 0 Å². The van der Waals surface area contributed by atoms with E-state index in [0.29, 0.717) is 36.6 Å². The number of carbonyl (C=O) groups excluding carboxylic acids is 1. The maximum absolute atomic E-state index is 13.5. The summed E-state index contributed by atoms with van der Waals surface area (Å²) in [6.07, 6.45) is 3.97. The van der Waals surface area contributed by atoms with Crippen LogP contribution in [0.2, 0.25) is 0 Å². The summed E-state index contributed by atoms with van der Waals surface area (Å²) in [5, 5.41) is 0.221. The smallest absolute Gasteiger partial charge is 0.329 e. The van der Waals surface area contributed by atoms with Gasteiger partial charge < -0.3 is 14.4 Å². The molecule has 0 atom stereocenters. The van der Waals surface area contributed by atoms with Gasteiger partial charge in [0.05, 0.1) is 31.7 Å². The quantitative estimate of drug-likeness (QED) is 0.579. The number of hydrogen-bond acceptors (Lipinski definition) is 6. The van der Waals surface area contributed by atoms with Crippen LogP contribution in [-0.4, -0.2) is 45.6 Å². The standard InChI is InChI=1S/C23H26N4O5/c1-4-9-26-20-18(21(28)25-23(26)30)11-14(12-24-20)22(29)27(16-5-6-16)13-15-10-17(31-2)7-8-19(15)32-3/h7-8,10-12,16H,4-6,9,13H2,1-3H3,(H,25,28,30). The van der Waals surface area contributed by atoms with Gasteiger partial charge in [0, 0.05) is 24.3 Å². The monoisotopic (exact) mass is 438 g/mol. The van der Waals surface area contributed by atoms with Gasteiger partial charge in [0.2, 0.25) is 0 Å². The molecule has 9 heteroatoms. The maximum Gasteiger partial charge on any atom is 0.329 e. The van der Waals surface area contributed by atoms with Crippen LogP contribution in [0.3, 0.4) is 0 Å². The Labute approximate surface area is 184 Å². The molecule has 0 bridgehead atoms. The van der Waals surface area contributed by atoms with E-state index < -0.39 is 11.2 Å². The summed E-state index contributed by atoms with van der Waals surface area (Å²) in [6.45, 7) is 2.70. The van der Waals surface area contributed by atoms with Crippen LogP contribution in [-0.2, 0) is 13.1 Å². The van der Waals surface area contributed by atoms with E-state index in [1.165, 1.54) is 16.8 Å². The summed E-state index contributed by atoms with van der Waals surface area (Å²) in [5.41, 5.74) is 0.367. The van der Waals surface area contributed by atoms with Gasteiger partial charge >= 0.3 is 5.69 Å². The van der Waals surface area contributed by atoms with Crippen molar-refractivity contribution in [1.29, 1.82) is 0 Å². The first kappa shape index (κ1) is 21.6. The van der Waals surface area contributed by atoms with Crippen molar-refractivity contribution in [3.05, 3.63) is 62.4 Å². The lowest BCUT2D eigenvalue weighted by molar-refractivity contribution is 0.0728. The predicted octanol–water partition coefficient (Wildman–Crippen LogP) is 2.32. The van der Waals surface area contributed by atoms with E-state index in [-0.39, 0.29) is 23.0 Å². The zero-order chi connectivity index (χ0) is 22.8. The number of fused-ring (bicyclic) bond motifs is 1. The number of amides is 1. The van der Waals surface area contributed by atoms with Gasteiger partial charge in [-0.25, -0.2) is 9.78 Å². The second kappa shape index (κ2) is 8.86. The molecule has 9 nitrogen and oxygen atoms in total. The summed E-state index contributed by atoms with van der Waals surface area (Å²) in [5.74, 6) is 1.12. The number of H-pyrrole nitrogens is 1. The largest absolute Gasteiger partial charge is 0.497 e. The molecular formula is C23H26N4O5. The topological polar surface area (TPSA) is 107 Å². The molecule has 1 saturated carbocycles. The van der Waals surface area contributed by atoms with Crippen molar-refractivity contribution >= 4 is 16.9 Å². The number of ether oxygens (including phenoxy) is 2. The van der Waals surface area contributed by atoms with Gasteiger partial charge in [0.1, 0.15) is 17.1 Å². The Bertz CT molecular complexity index is 1280. The Morgan fingerprint density at radius 1 is 1.22 bits per heavy atom. The number of methoxy groups -OCH3 is 2. The van der Waals surface area contributed by atoms with Crippen LogP contribution in [0.15, 0.2) is 40.1 Å². The lowest BCUT2D eigenvalue weighted by Crippen LogP contribution is -2.34. The van der Waals surface area contributed by atoms with Crippen LogP contribution in [0.5, 0.6) is 11.5 Å². The number of nitrogens with one attached hydrogen (secondary N) is 1. The van der Waals surface area contributed by atoms with Crippen molar-refractivity contribution < 1.29 is 14.3 Å². The van der Waals surface area contributed by atoms with Crippen LogP contribution >= 0.6 is 0 Å². The summed E-state index contributed by atoms with van der Waals surface area (Å²) in [7, 11) is 3.18. The highest BCUT2D eigenvalue weighted by molar-refractivity contribution is 5.97. The van der Waals surface area contributed by atoms with Crippen molar-refractivity contribution in [3.63, 3.8) is 0 Å². The number of aromatic nitrogens is 3. The molecule has 4 rings (SSSR count). The van der Waals surface area contributed by atoms with E-state index in [9.17, 15) is 14.4 Å². The molecule has 3 aromatic rings. The lowest BCUT2D eigenvalue weighted by atomic mass is 10.1. The van der Waals surface area contributed by atoms with Crippen molar-refractivity contribution in [2.75, 3.05) is 14.2 Å². The minimum absolute atomic E-state index is 0.112. The van der Waals surface area contributed by atoms with Crippen LogP contribution < -0.4 is 20.7 Å². The van der Waals surface area contributed by atoms with Crippen molar-refractivity contribution in [1.82, 2.24) is 19.4 Å². The minimum atomic E-state index is -0.549. The third kappa shape index (κ3) is 4.10. The Balaban J connectivity index is 1.72. The molecule has 2 aromatic heterocycles. The number of nitrogens with zero attached hydrogens (tertiary/aromatic N) is 3. The van der Waals surface area contributed by atoms with E-state index in [4.69, 9.17) is 9.47 Å². The van der Waals surface area contributed by atoms with Gasteiger partial charge in [-0.2, -0.15) is 0 Å². The molecule has 1 aliphatic carbocycles. The second-order valence-electron chi connectivity index (χ2n) is 7.85. The van der Waals surface area contributed by atoms with E-state index in [2.05, 4.69) is 9.97 Å². The summed E-state index contributed by atoms with van der Waals surface area (Å²) < 4.78 is 12.2. The molecule has 2 heterocycles. The van der Waals surface area contributed by atoms with Gasteiger partial charge in [-0.3, -0.25) is 19.1 Å². The molecule has 0 aliphatic heterocycles. The fourth-order valence-corrected chi connectivity index (χ4v) is 3.82. The fraction of sp³-hybridized carbons (Fsp3) is 0.391. The zero-order valence-corrected chi connectivity index (χ0v) is 18.4. The summed E-state index contributed by atoms with van der Waals surface area (Å²) in [4.78, 5) is 46.5. The van der Waals surface area contributed by atoms with E-state index in [1.807, 2.05) is 19.1 Å². The average Bonchev–Trinajstić information content (AvgIpc) is 3.64. The highest BCUT2D eigenvalue weighted by Gasteiger charge is 2.34. The fourth-order valence-electron chi connectivity index (χ4n) is 3.82. The minimum Gasteiger partial charge on any atom is -0.497 e. The second-order valence-corrected chi connectivity index (χ2v) is 7.85. The highest BCUT2D eigenvalue weighted by Crippen LogP contribution is 2.33. The molecule has 1 amide bonds. The maximum atomic E-state index is 13.5. The molecule has 0 radical (unpaired) electrons. The van der Waals surface area contributed by atoms with Crippen molar-refractivity contribution in [2.24, 2.45) is 0 Å². The van der Waals surface area contributed by atoms with Crippen LogP contribution in [0, 0.1) is 0 Å². The number of carbonyl (C=O) groups is 1. The first-order valence-electron chi connectivity index (χ1n) is 10.6. The Morgan fingerprint density at radius 2 is 2.00 bits per heavy atom. The molecule has 1 aromatic carbocycles. The van der Waals surface area contributed by atoms with Gasteiger partial charge in [-0.1, -0.05) is 6.92 Å². The van der Waals surface area contributed by atoms with Crippen LogP contribution in [0.4, 0.5) is 0 Å². The van der Waals surface area contributed by atoms with Gasteiger partial charge in [-0.05, 0) is 43.5 Å². The highest BCUT2D eigenvalue weighted by atomic mass is 16.5. The predicted molar refractivity (Wildman–Crippen MR) is 119 cm³/mol. The summed E-state index contributed by atoms with van der Waals surface area (Å²) in [6, 6.07) is 7.11. The molecular weight excluding hydrogens is 412 g/mol. The number of aryl methyl sites for hydroxylation is 1. The molecule has 32 heavy (non-hydrogen) atoms. The number of benzene rings is 1. The van der Waals surface area contributed by atoms with Crippen LogP contribution in [0.25, 0.3) is 11.0 Å². The molecule has 168 valence electrons. The van der Waals surface area contributed by atoms with E-state index >= 15 is 0 Å². The molecule has 1 aliphatic rings. The Kier molecular flexibility index (Phi) is 5.98. The summed E-state index contributed by atoms with van der Waals surface area (Å²) >= 11 is 0. The zero-order valence-electron chi connectivity index (χ0n) is 18.4. The molecule has 0 spiro atoms.